The van der Waals surface area contributed by atoms with Crippen molar-refractivity contribution in [3.05, 3.63) is 179 Å². The average molecular weight is 754 g/mol. The number of benzene rings is 6. The van der Waals surface area contributed by atoms with E-state index in [1.807, 2.05) is 32.2 Å². The van der Waals surface area contributed by atoms with Gasteiger partial charge in [-0.05, 0) is 71.8 Å². The van der Waals surface area contributed by atoms with Crippen molar-refractivity contribution in [1.82, 2.24) is 29.9 Å². The molecular weight excluding hydrogens is 703 g/mol. The molecular formula is C48H51N9. The molecule has 0 saturated heterocycles. The zero-order chi connectivity index (χ0) is 39.9. The number of imidazole rings is 3. The number of rotatable bonds is 8. The van der Waals surface area contributed by atoms with Crippen LogP contribution < -0.4 is 16.0 Å². The number of aromatic amines is 3. The number of nitrogens with zero attached hydrogens (tertiary/aromatic N) is 4. The molecule has 0 aliphatic rings. The number of fused-ring (bicyclic) bond motifs is 3. The van der Waals surface area contributed by atoms with Gasteiger partial charge in [-0.25, -0.2) is 15.0 Å². The Labute approximate surface area is 334 Å². The maximum absolute atomic E-state index is 6.01. The van der Waals surface area contributed by atoms with Gasteiger partial charge in [0.1, 0.15) is 0 Å². The second-order valence-electron chi connectivity index (χ2n) is 14.6. The fourth-order valence-electron chi connectivity index (χ4n) is 7.40. The van der Waals surface area contributed by atoms with Crippen LogP contribution in [0.15, 0.2) is 128 Å². The summed E-state index contributed by atoms with van der Waals surface area (Å²) < 4.78 is 0. The minimum absolute atomic E-state index is 0.827. The third-order valence-corrected chi connectivity index (χ3v) is 10.7. The number of H-pyrrole nitrogens is 3. The molecule has 0 spiro atoms. The fourth-order valence-corrected chi connectivity index (χ4v) is 7.40. The van der Waals surface area contributed by atoms with Crippen LogP contribution in [0.3, 0.4) is 0 Å². The maximum Gasteiger partial charge on any atom is 0.0925 e. The molecule has 3 heterocycles. The molecule has 0 amide bonds. The Morgan fingerprint density at radius 1 is 0.491 bits per heavy atom. The van der Waals surface area contributed by atoms with E-state index < -0.39 is 0 Å². The SMILES string of the molecule is CNc1ccc(Cc2nc[nH]c2C)c2ccccc12.Cc1[nH]cnc1Cc1ccc(N(C)C)c2ccccc12.Cc1[nH]cnc1Cc1ccc(N)c2ccccc12. The van der Waals surface area contributed by atoms with Gasteiger partial charge in [0.25, 0.3) is 0 Å². The van der Waals surface area contributed by atoms with Crippen LogP contribution in [0.5, 0.6) is 0 Å². The van der Waals surface area contributed by atoms with Crippen molar-refractivity contribution < 1.29 is 0 Å². The van der Waals surface area contributed by atoms with Crippen LogP contribution in [0.2, 0.25) is 0 Å². The minimum atomic E-state index is 0.827. The topological polar surface area (TPSA) is 127 Å². The van der Waals surface area contributed by atoms with Gasteiger partial charge in [-0.1, -0.05) is 91.0 Å². The molecule has 288 valence electrons. The van der Waals surface area contributed by atoms with Crippen molar-refractivity contribution in [2.75, 3.05) is 37.1 Å². The molecule has 6 N–H and O–H groups in total. The number of nitrogens with one attached hydrogen (secondary N) is 4. The summed E-state index contributed by atoms with van der Waals surface area (Å²) in [4.78, 5) is 24.7. The first-order chi connectivity index (χ1) is 27.7. The third-order valence-electron chi connectivity index (χ3n) is 10.7. The monoisotopic (exact) mass is 753 g/mol. The Balaban J connectivity index is 0.000000131. The second kappa shape index (κ2) is 17.3. The number of nitrogens with two attached hydrogens (primary N) is 1. The standard InChI is InChI=1S/C17H19N3.C16H17N3.C15H15N3/c1-12-16(19-11-18-12)10-13-8-9-17(20(2)3)15-7-5-4-6-14(13)15;1-11-16(19-10-18-11)9-12-7-8-15(17-2)14-6-4-3-5-13(12)14;1-10-15(18-9-17-10)8-11-6-7-14(16)13-5-3-2-4-12(11)13/h4-9,11H,10H2,1-3H3,(H,18,19);3-8,10,17H,9H2,1-2H3,(H,18,19);2-7,9H,8,16H2,1H3,(H,17,18). The van der Waals surface area contributed by atoms with Gasteiger partial charge >= 0.3 is 0 Å². The predicted molar refractivity (Wildman–Crippen MR) is 239 cm³/mol. The number of anilines is 3. The van der Waals surface area contributed by atoms with E-state index in [2.05, 4.69) is 159 Å². The van der Waals surface area contributed by atoms with Gasteiger partial charge in [0.15, 0.2) is 0 Å². The quantitative estimate of drug-likeness (QED) is 0.0984. The smallest absolute Gasteiger partial charge is 0.0925 e. The number of nitrogen functional groups attached to an aromatic ring is 1. The summed E-state index contributed by atoms with van der Waals surface area (Å²) >= 11 is 0. The Morgan fingerprint density at radius 3 is 1.32 bits per heavy atom. The molecule has 9 heteroatoms. The summed E-state index contributed by atoms with van der Waals surface area (Å²) in [6.07, 6.45) is 7.82. The Kier molecular flexibility index (Phi) is 11.7. The van der Waals surface area contributed by atoms with Crippen molar-refractivity contribution in [3.8, 4) is 0 Å². The van der Waals surface area contributed by atoms with Gasteiger partial charge in [0.05, 0.1) is 36.1 Å². The van der Waals surface area contributed by atoms with E-state index in [0.29, 0.717) is 0 Å². The molecule has 9 rings (SSSR count). The molecule has 3 aromatic heterocycles. The molecule has 6 aromatic carbocycles. The van der Waals surface area contributed by atoms with Gasteiger partial charge < -0.3 is 30.9 Å². The summed E-state index contributed by atoms with van der Waals surface area (Å²) in [6, 6.07) is 38.1. The zero-order valence-electron chi connectivity index (χ0n) is 33.6. The molecule has 57 heavy (non-hydrogen) atoms. The van der Waals surface area contributed by atoms with E-state index in [1.54, 1.807) is 19.0 Å². The highest BCUT2D eigenvalue weighted by Gasteiger charge is 2.11. The zero-order valence-corrected chi connectivity index (χ0v) is 33.6. The van der Waals surface area contributed by atoms with Crippen LogP contribution in [-0.2, 0) is 19.3 Å². The first kappa shape index (κ1) is 38.4. The molecule has 9 aromatic rings. The highest BCUT2D eigenvalue weighted by atomic mass is 15.1. The van der Waals surface area contributed by atoms with Crippen LogP contribution in [0.25, 0.3) is 32.3 Å². The molecule has 9 nitrogen and oxygen atoms in total. The number of aryl methyl sites for hydroxylation is 3. The second-order valence-corrected chi connectivity index (χ2v) is 14.6. The first-order valence-electron chi connectivity index (χ1n) is 19.3. The van der Waals surface area contributed by atoms with Crippen LogP contribution in [0.4, 0.5) is 17.1 Å². The van der Waals surface area contributed by atoms with Gasteiger partial charge in [-0.3, -0.25) is 0 Å². The van der Waals surface area contributed by atoms with E-state index >= 15 is 0 Å². The van der Waals surface area contributed by atoms with Crippen molar-refractivity contribution in [2.24, 2.45) is 0 Å². The molecule has 0 radical (unpaired) electrons. The van der Waals surface area contributed by atoms with Crippen LogP contribution >= 0.6 is 0 Å². The molecule has 0 aliphatic heterocycles. The number of hydrogen-bond donors (Lipinski definition) is 5. The lowest BCUT2D eigenvalue weighted by atomic mass is 9.98. The van der Waals surface area contributed by atoms with Gasteiger partial charge in [0, 0.05) is 90.7 Å². The Morgan fingerprint density at radius 2 is 0.877 bits per heavy atom. The van der Waals surface area contributed by atoms with Gasteiger partial charge in [-0.2, -0.15) is 0 Å². The summed E-state index contributed by atoms with van der Waals surface area (Å²) in [7, 11) is 6.12. The minimum Gasteiger partial charge on any atom is -0.398 e. The summed E-state index contributed by atoms with van der Waals surface area (Å²) in [5.41, 5.74) is 19.9. The van der Waals surface area contributed by atoms with Crippen molar-refractivity contribution in [1.29, 1.82) is 0 Å². The highest BCUT2D eigenvalue weighted by Crippen LogP contribution is 2.31. The number of hydrogen-bond acceptors (Lipinski definition) is 6. The normalized spacial score (nSPS) is 10.9. The summed E-state index contributed by atoms with van der Waals surface area (Å²) in [5.74, 6) is 0. The van der Waals surface area contributed by atoms with Crippen molar-refractivity contribution >= 4 is 49.4 Å². The molecule has 0 unspecified atom stereocenters. The third kappa shape index (κ3) is 8.53. The largest absolute Gasteiger partial charge is 0.398 e. The van der Waals surface area contributed by atoms with E-state index in [-0.39, 0.29) is 0 Å². The lowest BCUT2D eigenvalue weighted by molar-refractivity contribution is 1.08. The first-order valence-corrected chi connectivity index (χ1v) is 19.3. The molecule has 0 saturated carbocycles. The average Bonchev–Trinajstić information content (AvgIpc) is 3.97. The van der Waals surface area contributed by atoms with Crippen LogP contribution in [0, 0.1) is 20.8 Å². The Bertz CT molecular complexity index is 2750. The molecule has 0 aliphatic carbocycles. The van der Waals surface area contributed by atoms with E-state index in [4.69, 9.17) is 5.73 Å². The van der Waals surface area contributed by atoms with E-state index in [0.717, 1.165) is 70.2 Å². The summed E-state index contributed by atoms with van der Waals surface area (Å²) in [6.45, 7) is 6.17. The highest BCUT2D eigenvalue weighted by molar-refractivity contribution is 5.97. The maximum atomic E-state index is 6.01. The molecule has 0 atom stereocenters. The van der Waals surface area contributed by atoms with E-state index in [9.17, 15) is 0 Å². The molecule has 0 fully saturated rings. The molecule has 0 bridgehead atoms. The lowest BCUT2D eigenvalue weighted by Crippen LogP contribution is -2.09. The van der Waals surface area contributed by atoms with E-state index in [1.165, 1.54) is 49.3 Å². The van der Waals surface area contributed by atoms with Gasteiger partial charge in [-0.15, -0.1) is 0 Å². The van der Waals surface area contributed by atoms with Crippen LogP contribution in [-0.4, -0.2) is 51.0 Å². The summed E-state index contributed by atoms with van der Waals surface area (Å²) in [5, 5.41) is 10.7. The van der Waals surface area contributed by atoms with Crippen molar-refractivity contribution in [3.63, 3.8) is 0 Å². The van der Waals surface area contributed by atoms with Gasteiger partial charge in [0.2, 0.25) is 0 Å². The fraction of sp³-hybridized carbons (Fsp3) is 0.188. The lowest BCUT2D eigenvalue weighted by Gasteiger charge is -2.17. The predicted octanol–water partition coefficient (Wildman–Crippen LogP) is 10.1. The van der Waals surface area contributed by atoms with Crippen molar-refractivity contribution in [2.45, 2.75) is 40.0 Å². The van der Waals surface area contributed by atoms with Crippen LogP contribution in [0.1, 0.15) is 50.9 Å². The number of aromatic nitrogens is 6. The Hall–Kier alpha value is -6.87.